The summed E-state index contributed by atoms with van der Waals surface area (Å²) in [6.07, 6.45) is 52.8. The Labute approximate surface area is 245 Å². The molecule has 2 aliphatic carbocycles. The second-order valence-corrected chi connectivity index (χ2v) is 11.7. The van der Waals surface area contributed by atoms with Crippen LogP contribution in [0.25, 0.3) is 0 Å². The summed E-state index contributed by atoms with van der Waals surface area (Å²) in [6.45, 7) is 6.80. The molecule has 0 radical (unpaired) electrons. The summed E-state index contributed by atoms with van der Waals surface area (Å²) in [5.74, 6) is 0.823. The molecule has 214 valence electrons. The van der Waals surface area contributed by atoms with E-state index in [0.29, 0.717) is 11.8 Å². The van der Waals surface area contributed by atoms with Crippen molar-refractivity contribution < 1.29 is 0 Å². The van der Waals surface area contributed by atoms with Gasteiger partial charge < -0.3 is 9.80 Å². The van der Waals surface area contributed by atoms with E-state index in [1.54, 1.807) is 0 Å². The van der Waals surface area contributed by atoms with E-state index in [1.807, 2.05) is 0 Å². The van der Waals surface area contributed by atoms with Gasteiger partial charge in [-0.05, 0) is 59.4 Å². The van der Waals surface area contributed by atoms with Crippen LogP contribution in [-0.4, -0.2) is 22.9 Å². The maximum atomic E-state index is 2.37. The van der Waals surface area contributed by atoms with Gasteiger partial charge >= 0.3 is 0 Å². The smallest absolute Gasteiger partial charge is 0.0219 e. The SMILES string of the molecule is CCCCCCCCN1C=CC(=C2C=CC(C3C=CC(=C4C=CN(CCCCCCCC)C=C4)C=C3)C=C2)C=C1. The maximum Gasteiger partial charge on any atom is 0.0219 e. The Morgan fingerprint density at radius 2 is 0.700 bits per heavy atom. The summed E-state index contributed by atoms with van der Waals surface area (Å²) in [5.41, 5.74) is 5.21. The fourth-order valence-corrected chi connectivity index (χ4v) is 5.74. The number of hydrogen-bond donors (Lipinski definition) is 0. The molecule has 0 N–H and O–H groups in total. The van der Waals surface area contributed by atoms with E-state index in [1.165, 1.54) is 99.3 Å². The number of allylic oxidation sites excluding steroid dienone is 16. The van der Waals surface area contributed by atoms with Crippen LogP contribution >= 0.6 is 0 Å². The topological polar surface area (TPSA) is 6.48 Å². The van der Waals surface area contributed by atoms with E-state index in [-0.39, 0.29) is 0 Å². The summed E-state index contributed by atoms with van der Waals surface area (Å²) in [5, 5.41) is 0. The first kappa shape index (κ1) is 30.0. The van der Waals surface area contributed by atoms with E-state index in [0.717, 1.165) is 13.1 Å². The van der Waals surface area contributed by atoms with E-state index in [2.05, 4.69) is 121 Å². The highest BCUT2D eigenvalue weighted by Crippen LogP contribution is 2.30. The second-order valence-electron chi connectivity index (χ2n) is 11.7. The molecule has 0 fully saturated rings. The summed E-state index contributed by atoms with van der Waals surface area (Å²) >= 11 is 0. The molecule has 0 saturated heterocycles. The Kier molecular flexibility index (Phi) is 12.7. The van der Waals surface area contributed by atoms with Crippen LogP contribution in [0.15, 0.2) is 120 Å². The molecule has 0 saturated carbocycles. The Bertz CT molecular complexity index is 948. The molecule has 0 unspecified atom stereocenters. The van der Waals surface area contributed by atoms with Gasteiger partial charge in [-0.2, -0.15) is 0 Å². The maximum absolute atomic E-state index is 2.37. The Morgan fingerprint density at radius 3 is 1.05 bits per heavy atom. The van der Waals surface area contributed by atoms with Crippen molar-refractivity contribution in [3.8, 4) is 0 Å². The molecule has 0 spiro atoms. The van der Waals surface area contributed by atoms with Crippen molar-refractivity contribution in [2.45, 2.75) is 90.9 Å². The molecule has 2 heterocycles. The molecule has 0 bridgehead atoms. The van der Waals surface area contributed by atoms with Crippen LogP contribution in [0.5, 0.6) is 0 Å². The first-order valence-corrected chi connectivity index (χ1v) is 16.2. The quantitative estimate of drug-likeness (QED) is 0.192. The molecule has 4 rings (SSSR count). The van der Waals surface area contributed by atoms with Crippen LogP contribution in [0.3, 0.4) is 0 Å². The predicted molar refractivity (Wildman–Crippen MR) is 174 cm³/mol. The summed E-state index contributed by atoms with van der Waals surface area (Å²) in [6, 6.07) is 0. The van der Waals surface area contributed by atoms with Gasteiger partial charge in [0.15, 0.2) is 0 Å². The van der Waals surface area contributed by atoms with Crippen molar-refractivity contribution in [2.75, 3.05) is 13.1 Å². The monoisotopic (exact) mass is 536 g/mol. The molecule has 0 aromatic carbocycles. The van der Waals surface area contributed by atoms with Gasteiger partial charge in [0.2, 0.25) is 0 Å². The van der Waals surface area contributed by atoms with Crippen LogP contribution in [0.2, 0.25) is 0 Å². The number of nitrogens with zero attached hydrogens (tertiary/aromatic N) is 2. The van der Waals surface area contributed by atoms with Crippen molar-refractivity contribution in [3.05, 3.63) is 120 Å². The van der Waals surface area contributed by atoms with Crippen LogP contribution in [0.4, 0.5) is 0 Å². The molecule has 2 heteroatoms. The number of hydrogen-bond acceptors (Lipinski definition) is 2. The van der Waals surface area contributed by atoms with Gasteiger partial charge in [-0.15, -0.1) is 0 Å². The number of rotatable bonds is 15. The van der Waals surface area contributed by atoms with Crippen LogP contribution < -0.4 is 0 Å². The van der Waals surface area contributed by atoms with Crippen molar-refractivity contribution in [2.24, 2.45) is 11.8 Å². The molecule has 0 amide bonds. The average Bonchev–Trinajstić information content (AvgIpc) is 3.01. The zero-order valence-electron chi connectivity index (χ0n) is 25.2. The first-order valence-electron chi connectivity index (χ1n) is 16.2. The van der Waals surface area contributed by atoms with Gasteiger partial charge in [-0.25, -0.2) is 0 Å². The van der Waals surface area contributed by atoms with E-state index in [9.17, 15) is 0 Å². The standard InChI is InChI=1S/C38H52N2/c1-3-5-7-9-11-13-27-39-29-23-37(24-30-39)35-19-15-33(16-20-35)34-17-21-36(22-18-34)38-25-31-40(32-26-38)28-14-12-10-8-6-4-2/h15-26,29-34H,3-14,27-28H2,1-2H3. The molecule has 2 aliphatic heterocycles. The Balaban J connectivity index is 1.20. The molecule has 4 aliphatic rings. The first-order chi connectivity index (χ1) is 19.8. The molecule has 2 nitrogen and oxygen atoms in total. The lowest BCUT2D eigenvalue weighted by Gasteiger charge is -2.23. The summed E-state index contributed by atoms with van der Waals surface area (Å²) in [4.78, 5) is 4.66. The van der Waals surface area contributed by atoms with Gasteiger partial charge in [0.25, 0.3) is 0 Å². The zero-order valence-corrected chi connectivity index (χ0v) is 25.2. The van der Waals surface area contributed by atoms with Gasteiger partial charge in [0.05, 0.1) is 0 Å². The third-order valence-electron chi connectivity index (χ3n) is 8.43. The van der Waals surface area contributed by atoms with Crippen molar-refractivity contribution in [3.63, 3.8) is 0 Å². The highest BCUT2D eigenvalue weighted by atomic mass is 15.1. The minimum Gasteiger partial charge on any atom is -0.354 e. The lowest BCUT2D eigenvalue weighted by Crippen LogP contribution is -2.14. The fraction of sp³-hybridized carbons (Fsp3) is 0.474. The van der Waals surface area contributed by atoms with Gasteiger partial charge in [-0.1, -0.05) is 127 Å². The predicted octanol–water partition coefficient (Wildman–Crippen LogP) is 10.5. The van der Waals surface area contributed by atoms with E-state index < -0.39 is 0 Å². The van der Waals surface area contributed by atoms with Gasteiger partial charge in [0, 0.05) is 49.7 Å². The second kappa shape index (κ2) is 17.0. The fourth-order valence-electron chi connectivity index (χ4n) is 5.74. The van der Waals surface area contributed by atoms with Gasteiger partial charge in [0.1, 0.15) is 0 Å². The van der Waals surface area contributed by atoms with Crippen LogP contribution in [0.1, 0.15) is 90.9 Å². The average molecular weight is 537 g/mol. The van der Waals surface area contributed by atoms with Crippen molar-refractivity contribution in [1.82, 2.24) is 9.80 Å². The molecule has 0 atom stereocenters. The Hall–Kier alpha value is -3.00. The molecule has 40 heavy (non-hydrogen) atoms. The Morgan fingerprint density at radius 1 is 0.400 bits per heavy atom. The van der Waals surface area contributed by atoms with Crippen molar-refractivity contribution in [1.29, 1.82) is 0 Å². The van der Waals surface area contributed by atoms with E-state index in [4.69, 9.17) is 0 Å². The minimum absolute atomic E-state index is 0.411. The largest absolute Gasteiger partial charge is 0.354 e. The third kappa shape index (κ3) is 9.58. The highest BCUT2D eigenvalue weighted by molar-refractivity contribution is 5.52. The normalized spacial score (nSPS) is 21.6. The lowest BCUT2D eigenvalue weighted by molar-refractivity contribution is 0.464. The summed E-state index contributed by atoms with van der Waals surface area (Å²) < 4.78 is 0. The van der Waals surface area contributed by atoms with Crippen molar-refractivity contribution >= 4 is 0 Å². The zero-order chi connectivity index (χ0) is 27.8. The molecule has 0 aromatic rings. The third-order valence-corrected chi connectivity index (χ3v) is 8.43. The van der Waals surface area contributed by atoms with Crippen LogP contribution in [-0.2, 0) is 0 Å². The molecule has 0 aromatic heterocycles. The molecular weight excluding hydrogens is 484 g/mol. The lowest BCUT2D eigenvalue weighted by atomic mass is 9.83. The number of unbranched alkanes of at least 4 members (excludes halogenated alkanes) is 10. The van der Waals surface area contributed by atoms with Crippen LogP contribution in [0, 0.1) is 11.8 Å². The summed E-state index contributed by atoms with van der Waals surface area (Å²) in [7, 11) is 0. The van der Waals surface area contributed by atoms with Gasteiger partial charge in [-0.3, -0.25) is 0 Å². The minimum atomic E-state index is 0.411. The molecular formula is C38H52N2. The van der Waals surface area contributed by atoms with E-state index >= 15 is 0 Å². The highest BCUT2D eigenvalue weighted by Gasteiger charge is 2.17.